The fourth-order valence-electron chi connectivity index (χ4n) is 6.30. The van der Waals surface area contributed by atoms with E-state index in [9.17, 15) is 19.5 Å². The van der Waals surface area contributed by atoms with E-state index in [4.69, 9.17) is 4.74 Å². The first-order valence-electron chi connectivity index (χ1n) is 13.5. The number of alkyl halides is 1. The Bertz CT molecular complexity index is 885. The smallest absolute Gasteiger partial charge is 0.310 e. The predicted molar refractivity (Wildman–Crippen MR) is 151 cm³/mol. The van der Waals surface area contributed by atoms with Crippen LogP contribution in [0.1, 0.15) is 59.8 Å². The van der Waals surface area contributed by atoms with Crippen molar-refractivity contribution in [2.45, 2.75) is 92.7 Å². The van der Waals surface area contributed by atoms with Crippen LogP contribution in [-0.2, 0) is 19.1 Å². The third-order valence-corrected chi connectivity index (χ3v) is 11.6. The van der Waals surface area contributed by atoms with Gasteiger partial charge >= 0.3 is 5.97 Å². The van der Waals surface area contributed by atoms with Crippen molar-refractivity contribution in [2.75, 3.05) is 19.8 Å². The maximum absolute atomic E-state index is 14.3. The fourth-order valence-corrected chi connectivity index (χ4v) is 9.88. The van der Waals surface area contributed by atoms with Gasteiger partial charge < -0.3 is 19.6 Å². The zero-order chi connectivity index (χ0) is 27.5. The number of ether oxygens (including phenoxy) is 1. The number of esters is 1. The lowest BCUT2D eigenvalue weighted by atomic mass is 9.71. The molecule has 3 saturated heterocycles. The summed E-state index contributed by atoms with van der Waals surface area (Å²) in [5, 5.41) is 10.3. The van der Waals surface area contributed by atoms with Gasteiger partial charge in [0, 0.05) is 22.7 Å². The summed E-state index contributed by atoms with van der Waals surface area (Å²) in [5.74, 6) is -1.99. The number of hydrogen-bond donors (Lipinski definition) is 1. The largest absolute Gasteiger partial charge is 0.465 e. The van der Waals surface area contributed by atoms with Crippen molar-refractivity contribution >= 4 is 45.5 Å². The third kappa shape index (κ3) is 5.42. The highest BCUT2D eigenvalue weighted by atomic mass is 79.9. The van der Waals surface area contributed by atoms with Crippen molar-refractivity contribution in [3.8, 4) is 0 Å². The van der Waals surface area contributed by atoms with Crippen molar-refractivity contribution in [1.82, 2.24) is 9.80 Å². The minimum atomic E-state index is -0.765. The van der Waals surface area contributed by atoms with Crippen LogP contribution in [0.15, 0.2) is 25.3 Å². The van der Waals surface area contributed by atoms with E-state index < -0.39 is 28.7 Å². The molecular weight excluding hydrogens is 556 g/mol. The van der Waals surface area contributed by atoms with Gasteiger partial charge in [-0.25, -0.2) is 0 Å². The molecule has 3 heterocycles. The molecule has 0 aromatic carbocycles. The Hall–Kier alpha value is -1.32. The highest BCUT2D eigenvalue weighted by Gasteiger charge is 2.76. The molecule has 1 spiro atoms. The molecule has 2 bridgehead atoms. The minimum Gasteiger partial charge on any atom is -0.465 e. The van der Waals surface area contributed by atoms with Crippen LogP contribution < -0.4 is 0 Å². The molecule has 0 aromatic rings. The molecule has 3 aliphatic heterocycles. The van der Waals surface area contributed by atoms with Crippen molar-refractivity contribution in [1.29, 1.82) is 0 Å². The summed E-state index contributed by atoms with van der Waals surface area (Å²) in [7, 11) is 0. The van der Waals surface area contributed by atoms with E-state index in [-0.39, 0.29) is 46.4 Å². The van der Waals surface area contributed by atoms with Gasteiger partial charge in [-0.05, 0) is 45.4 Å². The van der Waals surface area contributed by atoms with Gasteiger partial charge in [-0.3, -0.25) is 14.4 Å². The lowest BCUT2D eigenvalue weighted by Crippen LogP contribution is -2.59. The molecule has 3 fully saturated rings. The molecular formula is C28H43BrN2O5S. The van der Waals surface area contributed by atoms with Crippen LogP contribution in [0.2, 0.25) is 0 Å². The first-order chi connectivity index (χ1) is 17.6. The van der Waals surface area contributed by atoms with E-state index >= 15 is 0 Å². The quantitative estimate of drug-likeness (QED) is 0.140. The number of halogens is 1. The first-order valence-corrected chi connectivity index (χ1v) is 15.3. The van der Waals surface area contributed by atoms with Crippen LogP contribution in [-0.4, -0.2) is 85.4 Å². The van der Waals surface area contributed by atoms with E-state index in [2.05, 4.69) is 29.1 Å². The molecule has 0 aromatic heterocycles. The Morgan fingerprint density at radius 1 is 1.30 bits per heavy atom. The lowest BCUT2D eigenvalue weighted by Gasteiger charge is -2.42. The van der Waals surface area contributed by atoms with Gasteiger partial charge in [0.1, 0.15) is 6.04 Å². The van der Waals surface area contributed by atoms with Crippen molar-refractivity contribution in [2.24, 2.45) is 17.8 Å². The molecule has 37 heavy (non-hydrogen) atoms. The molecule has 1 N–H and O–H groups in total. The van der Waals surface area contributed by atoms with Crippen LogP contribution in [0.3, 0.4) is 0 Å². The highest BCUT2D eigenvalue weighted by molar-refractivity contribution is 9.09. The third-order valence-electron chi connectivity index (χ3n) is 8.36. The number of thioether (sulfide) groups is 1. The number of fused-ring (bicyclic) bond motifs is 1. The maximum Gasteiger partial charge on any atom is 0.310 e. The van der Waals surface area contributed by atoms with Crippen molar-refractivity contribution < 1.29 is 24.2 Å². The number of aliphatic hydroxyl groups excluding tert-OH is 1. The molecule has 0 radical (unpaired) electrons. The van der Waals surface area contributed by atoms with Gasteiger partial charge in [-0.1, -0.05) is 48.4 Å². The monoisotopic (exact) mass is 598 g/mol. The summed E-state index contributed by atoms with van der Waals surface area (Å²) in [6, 6.07) is -1.36. The Morgan fingerprint density at radius 3 is 2.57 bits per heavy atom. The zero-order valence-corrected chi connectivity index (χ0v) is 25.0. The summed E-state index contributed by atoms with van der Waals surface area (Å²) in [4.78, 5) is 45.4. The number of rotatable bonds is 14. The van der Waals surface area contributed by atoms with E-state index in [0.29, 0.717) is 19.6 Å². The summed E-state index contributed by atoms with van der Waals surface area (Å²) < 4.78 is 4.95. The number of allylic oxidation sites excluding steroid dienone is 1. The first kappa shape index (κ1) is 30.2. The average molecular weight is 600 g/mol. The summed E-state index contributed by atoms with van der Waals surface area (Å²) in [6.07, 6.45) is 7.39. The normalized spacial score (nSPS) is 31.8. The van der Waals surface area contributed by atoms with Crippen LogP contribution >= 0.6 is 27.7 Å². The number of nitrogens with zero attached hydrogens (tertiary/aromatic N) is 2. The second kappa shape index (κ2) is 12.7. The second-order valence-electron chi connectivity index (χ2n) is 10.9. The van der Waals surface area contributed by atoms with Gasteiger partial charge in [0.25, 0.3) is 0 Å². The molecule has 0 saturated carbocycles. The Kier molecular flexibility index (Phi) is 10.4. The Balaban J connectivity index is 2.03. The molecule has 9 heteroatoms. The Labute approximate surface area is 234 Å². The standard InChI is InChI=1S/C28H43BrN2O5S/c1-7-10-11-12-14-36-27(35)21-22-25(33)31(20(16-32)18(6)9-3)24(26(34)30(13-8-2)17(4)5)28(22)15-19(29)23(21)37-28/h7-8,17-24,32H,1-2,9-16H2,3-6H3/t18-,19?,20-,21+,22-,23+,24?,28?/m0/s1. The van der Waals surface area contributed by atoms with E-state index in [1.165, 1.54) is 0 Å². The van der Waals surface area contributed by atoms with E-state index in [0.717, 1.165) is 25.7 Å². The Morgan fingerprint density at radius 2 is 2.00 bits per heavy atom. The van der Waals surface area contributed by atoms with Crippen molar-refractivity contribution in [3.05, 3.63) is 25.3 Å². The van der Waals surface area contributed by atoms with Gasteiger partial charge in [0.15, 0.2) is 0 Å². The number of likely N-dealkylation sites (tertiary alicyclic amines) is 1. The summed E-state index contributed by atoms with van der Waals surface area (Å²) >= 11 is 5.39. The van der Waals surface area contributed by atoms with Crippen LogP contribution in [0.4, 0.5) is 0 Å². The molecule has 3 aliphatic rings. The molecule has 0 aliphatic carbocycles. The van der Waals surface area contributed by atoms with E-state index in [1.54, 1.807) is 27.6 Å². The molecule has 8 atom stereocenters. The number of amides is 2. The number of aliphatic hydroxyl groups is 1. The van der Waals surface area contributed by atoms with Gasteiger partial charge in [-0.2, -0.15) is 0 Å². The second-order valence-corrected chi connectivity index (χ2v) is 13.6. The maximum atomic E-state index is 14.3. The molecule has 7 nitrogen and oxygen atoms in total. The molecule has 2 amide bonds. The van der Waals surface area contributed by atoms with Gasteiger partial charge in [0.2, 0.25) is 11.8 Å². The van der Waals surface area contributed by atoms with Crippen LogP contribution in [0.25, 0.3) is 0 Å². The lowest BCUT2D eigenvalue weighted by molar-refractivity contribution is -0.155. The molecule has 208 valence electrons. The topological polar surface area (TPSA) is 87.2 Å². The number of hydrogen-bond acceptors (Lipinski definition) is 6. The fraction of sp³-hybridized carbons (Fsp3) is 0.750. The minimum absolute atomic E-state index is 0.0105. The van der Waals surface area contributed by atoms with Crippen molar-refractivity contribution in [3.63, 3.8) is 0 Å². The number of unbranched alkanes of at least 4 members (excludes halogenated alkanes) is 2. The number of carbonyl (C=O) groups is 3. The molecule has 3 rings (SSSR count). The number of carbonyl (C=O) groups excluding carboxylic acids is 3. The van der Waals surface area contributed by atoms with Crippen LogP contribution in [0.5, 0.6) is 0 Å². The average Bonchev–Trinajstić information content (AvgIpc) is 3.45. The van der Waals surface area contributed by atoms with E-state index in [1.807, 2.05) is 33.8 Å². The zero-order valence-electron chi connectivity index (χ0n) is 22.6. The van der Waals surface area contributed by atoms with Gasteiger partial charge in [-0.15, -0.1) is 24.9 Å². The predicted octanol–water partition coefficient (Wildman–Crippen LogP) is 4.18. The highest BCUT2D eigenvalue weighted by Crippen LogP contribution is 2.68. The summed E-state index contributed by atoms with van der Waals surface area (Å²) in [6.45, 7) is 15.9. The SMILES string of the molecule is C=CCCCCOC(=O)[C@H]1[C@@H]2SC3(CC2Br)C(C(=O)N(CC=C)C(C)C)N([C@@H](CO)[C@@H](C)CC)C(=O)[C@H]13. The molecule has 3 unspecified atom stereocenters. The van der Waals surface area contributed by atoms with Crippen LogP contribution in [0, 0.1) is 17.8 Å². The van der Waals surface area contributed by atoms with Gasteiger partial charge in [0.05, 0.1) is 35.8 Å². The summed E-state index contributed by atoms with van der Waals surface area (Å²) in [5.41, 5.74) is 0.